The van der Waals surface area contributed by atoms with E-state index in [1.54, 1.807) is 4.52 Å². The molecule has 2 aliphatic heterocycles. The third-order valence-corrected chi connectivity index (χ3v) is 6.82. The van der Waals surface area contributed by atoms with Crippen LogP contribution in [0, 0.1) is 5.92 Å². The number of pyridine rings is 1. The summed E-state index contributed by atoms with van der Waals surface area (Å²) in [6.45, 7) is 7.80. The summed E-state index contributed by atoms with van der Waals surface area (Å²) in [5.41, 5.74) is 2.66. The monoisotopic (exact) mass is 423 g/mol. The summed E-state index contributed by atoms with van der Waals surface area (Å²) >= 11 is 0. The molecule has 5 heterocycles. The lowest BCUT2D eigenvalue weighted by molar-refractivity contribution is 0.355. The summed E-state index contributed by atoms with van der Waals surface area (Å²) in [6.07, 6.45) is 7.16. The number of piperidine rings is 2. The number of anilines is 2. The first-order valence-electron chi connectivity index (χ1n) is 11.4. The van der Waals surface area contributed by atoms with Crippen LogP contribution in [-0.2, 0) is 0 Å². The van der Waals surface area contributed by atoms with Crippen molar-refractivity contribution in [3.05, 3.63) is 42.1 Å². The molecule has 0 radical (unpaired) electrons. The van der Waals surface area contributed by atoms with E-state index in [0.717, 1.165) is 44.1 Å². The van der Waals surface area contributed by atoms with Gasteiger partial charge in [0.05, 0.1) is 11.4 Å². The van der Waals surface area contributed by atoms with Gasteiger partial charge in [0.15, 0.2) is 0 Å². The van der Waals surface area contributed by atoms with E-state index >= 15 is 0 Å². The molecule has 3 aromatic rings. The summed E-state index contributed by atoms with van der Waals surface area (Å²) in [7, 11) is 0. The normalized spacial score (nSPS) is 23.3. The molecule has 2 aliphatic rings. The Morgan fingerprint density at radius 3 is 2.71 bits per heavy atom. The second-order valence-electron chi connectivity index (χ2n) is 8.93. The molecule has 8 heteroatoms. The number of hydrogen-bond acceptors (Lipinski definition) is 6. The van der Waals surface area contributed by atoms with Crippen molar-refractivity contribution >= 4 is 17.3 Å². The molecule has 0 aliphatic carbocycles. The third-order valence-electron chi connectivity index (χ3n) is 6.82. The van der Waals surface area contributed by atoms with E-state index in [4.69, 9.17) is 4.98 Å². The van der Waals surface area contributed by atoms with Crippen LogP contribution in [0.5, 0.6) is 0 Å². The maximum atomic E-state index is 14.1. The molecular weight excluding hydrogens is 393 g/mol. The van der Waals surface area contributed by atoms with Crippen LogP contribution in [0.25, 0.3) is 5.78 Å². The van der Waals surface area contributed by atoms with Crippen molar-refractivity contribution in [2.24, 2.45) is 5.92 Å². The molecule has 3 atom stereocenters. The van der Waals surface area contributed by atoms with Gasteiger partial charge in [0.1, 0.15) is 18.3 Å². The predicted molar refractivity (Wildman–Crippen MR) is 119 cm³/mol. The van der Waals surface area contributed by atoms with Gasteiger partial charge >= 0.3 is 0 Å². The van der Waals surface area contributed by atoms with Gasteiger partial charge in [-0.3, -0.25) is 0 Å². The Kier molecular flexibility index (Phi) is 5.46. The maximum absolute atomic E-state index is 14.1. The van der Waals surface area contributed by atoms with Crippen molar-refractivity contribution in [3.63, 3.8) is 0 Å². The van der Waals surface area contributed by atoms with E-state index in [1.165, 1.54) is 38.2 Å². The first-order valence-corrected chi connectivity index (χ1v) is 11.4. The fraction of sp³-hybridized carbons (Fsp3) is 0.565. The number of nitrogens with zero attached hydrogens (tertiary/aromatic N) is 7. The molecule has 2 saturated heterocycles. The summed E-state index contributed by atoms with van der Waals surface area (Å²) in [4.78, 5) is 18.1. The van der Waals surface area contributed by atoms with Crippen molar-refractivity contribution in [1.29, 1.82) is 0 Å². The van der Waals surface area contributed by atoms with Crippen LogP contribution in [0.4, 0.5) is 15.9 Å². The topological polar surface area (TPSA) is 62.5 Å². The highest BCUT2D eigenvalue weighted by atomic mass is 19.1. The van der Waals surface area contributed by atoms with Gasteiger partial charge in [0.2, 0.25) is 0 Å². The minimum Gasteiger partial charge on any atom is -0.371 e. The van der Waals surface area contributed by atoms with Gasteiger partial charge in [-0.25, -0.2) is 18.9 Å². The van der Waals surface area contributed by atoms with E-state index in [9.17, 15) is 4.39 Å². The zero-order valence-corrected chi connectivity index (χ0v) is 18.3. The van der Waals surface area contributed by atoms with Crippen molar-refractivity contribution in [3.8, 4) is 0 Å². The Morgan fingerprint density at radius 2 is 1.90 bits per heavy atom. The number of fused-ring (bicyclic) bond motifs is 1. The van der Waals surface area contributed by atoms with E-state index < -0.39 is 6.17 Å². The van der Waals surface area contributed by atoms with Crippen LogP contribution in [0.3, 0.4) is 0 Å². The lowest BCUT2D eigenvalue weighted by Gasteiger charge is -2.38. The summed E-state index contributed by atoms with van der Waals surface area (Å²) < 4.78 is 15.9. The van der Waals surface area contributed by atoms with Crippen LogP contribution in [0.15, 0.2) is 30.7 Å². The highest BCUT2D eigenvalue weighted by Crippen LogP contribution is 2.35. The molecule has 0 N–H and O–H groups in total. The van der Waals surface area contributed by atoms with Crippen LogP contribution >= 0.6 is 0 Å². The van der Waals surface area contributed by atoms with E-state index in [0.29, 0.717) is 17.4 Å². The first kappa shape index (κ1) is 20.2. The maximum Gasteiger partial charge on any atom is 0.252 e. The number of rotatable bonds is 4. The molecule has 2 fully saturated rings. The molecule has 0 amide bonds. The van der Waals surface area contributed by atoms with Gasteiger partial charge in [0, 0.05) is 50.0 Å². The summed E-state index contributed by atoms with van der Waals surface area (Å²) in [5, 5.41) is 4.38. The highest BCUT2D eigenvalue weighted by Gasteiger charge is 2.31. The molecule has 0 saturated carbocycles. The average molecular weight is 424 g/mol. The Bertz CT molecular complexity index is 1040. The van der Waals surface area contributed by atoms with E-state index in [-0.39, 0.29) is 5.92 Å². The summed E-state index contributed by atoms with van der Waals surface area (Å²) in [5.74, 6) is 2.12. The zero-order valence-electron chi connectivity index (χ0n) is 18.3. The Balaban J connectivity index is 1.45. The van der Waals surface area contributed by atoms with Crippen LogP contribution < -0.4 is 9.80 Å². The number of halogens is 1. The third kappa shape index (κ3) is 3.95. The minimum absolute atomic E-state index is 0.193. The van der Waals surface area contributed by atoms with Gasteiger partial charge < -0.3 is 9.80 Å². The van der Waals surface area contributed by atoms with Gasteiger partial charge in [-0.15, -0.1) is 0 Å². The number of hydrogen-bond donors (Lipinski definition) is 0. The van der Waals surface area contributed by atoms with Gasteiger partial charge in [-0.05, 0) is 50.7 Å². The largest absolute Gasteiger partial charge is 0.371 e. The fourth-order valence-electron chi connectivity index (χ4n) is 4.91. The number of aromatic nitrogens is 5. The lowest BCUT2D eigenvalue weighted by atomic mass is 9.84. The molecule has 164 valence electrons. The predicted octanol–water partition coefficient (Wildman–Crippen LogP) is 4.17. The quantitative estimate of drug-likeness (QED) is 0.628. The molecule has 31 heavy (non-hydrogen) atoms. The SMILES string of the molecule is CC(F)c1cc([C@@H]2CN(c3cc(N4CCCCC4)ccn3)CC[C@H]2C)n2ncnc2n1. The second kappa shape index (κ2) is 8.40. The van der Waals surface area contributed by atoms with E-state index in [2.05, 4.69) is 43.9 Å². The van der Waals surface area contributed by atoms with Gasteiger partial charge in [0.25, 0.3) is 5.78 Å². The van der Waals surface area contributed by atoms with Crippen molar-refractivity contribution < 1.29 is 4.39 Å². The Morgan fingerprint density at radius 1 is 1.06 bits per heavy atom. The molecule has 5 rings (SSSR count). The smallest absolute Gasteiger partial charge is 0.252 e. The highest BCUT2D eigenvalue weighted by molar-refractivity contribution is 5.55. The first-order chi connectivity index (χ1) is 15.1. The zero-order chi connectivity index (χ0) is 21.4. The van der Waals surface area contributed by atoms with Gasteiger partial charge in [-0.1, -0.05) is 6.92 Å². The van der Waals surface area contributed by atoms with Crippen molar-refractivity contribution in [1.82, 2.24) is 24.6 Å². The molecule has 0 spiro atoms. The van der Waals surface area contributed by atoms with Crippen LogP contribution in [-0.4, -0.2) is 50.7 Å². The molecule has 0 aromatic carbocycles. The minimum atomic E-state index is -1.14. The lowest BCUT2D eigenvalue weighted by Crippen LogP contribution is -2.40. The Labute approximate surface area is 182 Å². The standard InChI is InChI=1S/C23H30FN7/c1-16-7-11-30(22-12-18(6-8-25-22)29-9-4-3-5-10-29)14-19(16)21-13-20(17(2)24)28-23-26-15-27-31(21)23/h6,8,12-13,15-17,19H,3-5,7,9-11,14H2,1-2H3/t16-,17?,19-/m1/s1. The van der Waals surface area contributed by atoms with Crippen LogP contribution in [0.2, 0.25) is 0 Å². The Hall–Kier alpha value is -2.77. The molecule has 1 unspecified atom stereocenters. The average Bonchev–Trinajstić information content (AvgIpc) is 3.28. The van der Waals surface area contributed by atoms with Crippen LogP contribution in [0.1, 0.15) is 63.0 Å². The summed E-state index contributed by atoms with van der Waals surface area (Å²) in [6, 6.07) is 6.22. The van der Waals surface area contributed by atoms with Crippen molar-refractivity contribution in [2.75, 3.05) is 36.0 Å². The van der Waals surface area contributed by atoms with Crippen molar-refractivity contribution in [2.45, 2.75) is 51.6 Å². The molecule has 0 bridgehead atoms. The fourth-order valence-corrected chi connectivity index (χ4v) is 4.91. The molecule has 7 nitrogen and oxygen atoms in total. The second-order valence-corrected chi connectivity index (χ2v) is 8.93. The number of alkyl halides is 1. The van der Waals surface area contributed by atoms with Gasteiger partial charge in [-0.2, -0.15) is 10.1 Å². The molecular formula is C23H30FN7. The van der Waals surface area contributed by atoms with E-state index in [1.807, 2.05) is 12.3 Å². The molecule has 3 aromatic heterocycles.